The molecule has 0 saturated carbocycles. The molecule has 0 amide bonds. The Balaban J connectivity index is 0.000000322. The molecule has 1 saturated heterocycles. The SMILES string of the molecule is O=C(O)C(F)(F)F.O=C(O)CC1CCN(c2ncccn2)CC1. The van der Waals surface area contributed by atoms with E-state index < -0.39 is 18.1 Å². The van der Waals surface area contributed by atoms with Crippen LogP contribution in [-0.4, -0.2) is 51.4 Å². The van der Waals surface area contributed by atoms with E-state index in [0.29, 0.717) is 5.92 Å². The van der Waals surface area contributed by atoms with Gasteiger partial charge in [-0.15, -0.1) is 0 Å². The van der Waals surface area contributed by atoms with E-state index in [2.05, 4.69) is 14.9 Å². The summed E-state index contributed by atoms with van der Waals surface area (Å²) in [5, 5.41) is 15.8. The highest BCUT2D eigenvalue weighted by Crippen LogP contribution is 2.22. The molecule has 1 aliphatic heterocycles. The zero-order valence-corrected chi connectivity index (χ0v) is 12.0. The lowest BCUT2D eigenvalue weighted by molar-refractivity contribution is -0.192. The lowest BCUT2D eigenvalue weighted by Crippen LogP contribution is -2.35. The van der Waals surface area contributed by atoms with Gasteiger partial charge >= 0.3 is 18.1 Å². The fraction of sp³-hybridized carbons (Fsp3) is 0.538. The molecule has 0 radical (unpaired) electrons. The molecule has 128 valence electrons. The number of carboxylic acid groups (broad SMARTS) is 2. The number of aliphatic carboxylic acids is 2. The predicted octanol–water partition coefficient (Wildman–Crippen LogP) is 1.80. The maximum absolute atomic E-state index is 10.6. The van der Waals surface area contributed by atoms with E-state index in [1.165, 1.54) is 0 Å². The molecule has 23 heavy (non-hydrogen) atoms. The van der Waals surface area contributed by atoms with E-state index >= 15 is 0 Å². The molecule has 1 aliphatic rings. The number of aromatic nitrogens is 2. The molecule has 10 heteroatoms. The molecule has 1 aromatic rings. The van der Waals surface area contributed by atoms with E-state index in [1.54, 1.807) is 18.5 Å². The number of halogens is 3. The number of rotatable bonds is 3. The summed E-state index contributed by atoms with van der Waals surface area (Å²) in [5.41, 5.74) is 0. The molecule has 0 bridgehead atoms. The fourth-order valence-electron chi connectivity index (χ4n) is 2.04. The van der Waals surface area contributed by atoms with E-state index in [0.717, 1.165) is 31.9 Å². The summed E-state index contributed by atoms with van der Waals surface area (Å²) in [4.78, 5) is 30.0. The van der Waals surface area contributed by atoms with Crippen molar-refractivity contribution >= 4 is 17.9 Å². The van der Waals surface area contributed by atoms with Gasteiger partial charge in [-0.2, -0.15) is 13.2 Å². The number of alkyl halides is 3. The van der Waals surface area contributed by atoms with Gasteiger partial charge in [0, 0.05) is 31.9 Å². The average molecular weight is 335 g/mol. The van der Waals surface area contributed by atoms with Crippen molar-refractivity contribution in [3.63, 3.8) is 0 Å². The minimum absolute atomic E-state index is 0.281. The van der Waals surface area contributed by atoms with Crippen LogP contribution in [0.25, 0.3) is 0 Å². The quantitative estimate of drug-likeness (QED) is 0.868. The van der Waals surface area contributed by atoms with E-state index in [4.69, 9.17) is 15.0 Å². The molecule has 2 N–H and O–H groups in total. The third kappa shape index (κ3) is 6.94. The van der Waals surface area contributed by atoms with Gasteiger partial charge < -0.3 is 15.1 Å². The van der Waals surface area contributed by atoms with E-state index in [-0.39, 0.29) is 6.42 Å². The highest BCUT2D eigenvalue weighted by Gasteiger charge is 2.38. The molecule has 0 aromatic carbocycles. The number of carbonyl (C=O) groups is 2. The number of hydrogen-bond acceptors (Lipinski definition) is 5. The standard InChI is InChI=1S/C11H15N3O2.C2HF3O2/c15-10(16)8-9-2-6-14(7-3-9)11-12-4-1-5-13-11;3-2(4,5)1(6)7/h1,4-5,9H,2-3,6-8H2,(H,15,16);(H,6,7). The second kappa shape index (κ2) is 8.30. The van der Waals surface area contributed by atoms with Gasteiger partial charge in [-0.05, 0) is 24.8 Å². The highest BCUT2D eigenvalue weighted by molar-refractivity contribution is 5.73. The molecule has 1 fully saturated rings. The monoisotopic (exact) mass is 335 g/mol. The molecular formula is C13H16F3N3O4. The summed E-state index contributed by atoms with van der Waals surface area (Å²) in [6.07, 6.45) is 0.468. The van der Waals surface area contributed by atoms with Crippen LogP contribution in [0.3, 0.4) is 0 Å². The second-order valence-corrected chi connectivity index (χ2v) is 4.88. The number of anilines is 1. The van der Waals surface area contributed by atoms with Crippen molar-refractivity contribution in [2.24, 2.45) is 5.92 Å². The Hall–Kier alpha value is -2.39. The minimum Gasteiger partial charge on any atom is -0.481 e. The minimum atomic E-state index is -5.08. The largest absolute Gasteiger partial charge is 0.490 e. The third-order valence-corrected chi connectivity index (χ3v) is 3.16. The van der Waals surface area contributed by atoms with Gasteiger partial charge in [0.15, 0.2) is 0 Å². The Morgan fingerprint density at radius 2 is 1.65 bits per heavy atom. The van der Waals surface area contributed by atoms with Gasteiger partial charge in [0.25, 0.3) is 0 Å². The van der Waals surface area contributed by atoms with Crippen LogP contribution in [0.4, 0.5) is 19.1 Å². The Kier molecular flexibility index (Phi) is 6.73. The lowest BCUT2D eigenvalue weighted by atomic mass is 9.94. The number of hydrogen-bond donors (Lipinski definition) is 2. The summed E-state index contributed by atoms with van der Waals surface area (Å²) < 4.78 is 31.7. The summed E-state index contributed by atoms with van der Waals surface area (Å²) in [7, 11) is 0. The molecule has 0 unspecified atom stereocenters. The van der Waals surface area contributed by atoms with Crippen molar-refractivity contribution < 1.29 is 33.0 Å². The Morgan fingerprint density at radius 3 is 2.04 bits per heavy atom. The maximum Gasteiger partial charge on any atom is 0.490 e. The van der Waals surface area contributed by atoms with Gasteiger partial charge in [0.2, 0.25) is 5.95 Å². The van der Waals surface area contributed by atoms with Gasteiger partial charge in [-0.1, -0.05) is 0 Å². The Bertz CT molecular complexity index is 517. The third-order valence-electron chi connectivity index (χ3n) is 3.16. The van der Waals surface area contributed by atoms with Gasteiger partial charge in [-0.25, -0.2) is 14.8 Å². The maximum atomic E-state index is 10.6. The van der Waals surface area contributed by atoms with Gasteiger partial charge in [0.1, 0.15) is 0 Å². The molecule has 7 nitrogen and oxygen atoms in total. The topological polar surface area (TPSA) is 104 Å². The average Bonchev–Trinajstić information content (AvgIpc) is 2.48. The first-order chi connectivity index (χ1) is 10.7. The van der Waals surface area contributed by atoms with Crippen LogP contribution in [0.2, 0.25) is 0 Å². The molecule has 1 aromatic heterocycles. The van der Waals surface area contributed by atoms with Crippen molar-refractivity contribution in [1.29, 1.82) is 0 Å². The normalized spacial score (nSPS) is 15.5. The van der Waals surface area contributed by atoms with Crippen LogP contribution < -0.4 is 4.90 Å². The van der Waals surface area contributed by atoms with Crippen LogP contribution in [-0.2, 0) is 9.59 Å². The Labute approximate surface area is 129 Å². The zero-order valence-electron chi connectivity index (χ0n) is 12.0. The van der Waals surface area contributed by atoms with Crippen LogP contribution in [0.5, 0.6) is 0 Å². The van der Waals surface area contributed by atoms with Crippen molar-refractivity contribution in [3.05, 3.63) is 18.5 Å². The van der Waals surface area contributed by atoms with Crippen molar-refractivity contribution in [2.45, 2.75) is 25.4 Å². The van der Waals surface area contributed by atoms with Gasteiger partial charge in [0.05, 0.1) is 0 Å². The fourth-order valence-corrected chi connectivity index (χ4v) is 2.04. The van der Waals surface area contributed by atoms with E-state index in [9.17, 15) is 18.0 Å². The highest BCUT2D eigenvalue weighted by atomic mass is 19.4. The lowest BCUT2D eigenvalue weighted by Gasteiger charge is -2.31. The van der Waals surface area contributed by atoms with Crippen molar-refractivity contribution in [2.75, 3.05) is 18.0 Å². The first kappa shape index (κ1) is 18.7. The summed E-state index contributed by atoms with van der Waals surface area (Å²) in [6.45, 7) is 1.70. The number of piperidine rings is 1. The summed E-state index contributed by atoms with van der Waals surface area (Å²) >= 11 is 0. The Morgan fingerprint density at radius 1 is 1.17 bits per heavy atom. The first-order valence-corrected chi connectivity index (χ1v) is 6.74. The second-order valence-electron chi connectivity index (χ2n) is 4.88. The molecule has 0 spiro atoms. The van der Waals surface area contributed by atoms with E-state index in [1.807, 2.05) is 0 Å². The van der Waals surface area contributed by atoms with Gasteiger partial charge in [-0.3, -0.25) is 4.79 Å². The van der Waals surface area contributed by atoms with Crippen LogP contribution in [0.15, 0.2) is 18.5 Å². The molecule has 0 aliphatic carbocycles. The van der Waals surface area contributed by atoms with Crippen LogP contribution in [0, 0.1) is 5.92 Å². The van der Waals surface area contributed by atoms with Crippen molar-refractivity contribution in [3.8, 4) is 0 Å². The zero-order chi connectivity index (χ0) is 17.5. The molecule has 0 atom stereocenters. The molecule has 2 rings (SSSR count). The molecular weight excluding hydrogens is 319 g/mol. The number of carboxylic acids is 2. The first-order valence-electron chi connectivity index (χ1n) is 6.74. The predicted molar refractivity (Wildman–Crippen MR) is 72.9 cm³/mol. The van der Waals surface area contributed by atoms with Crippen molar-refractivity contribution in [1.82, 2.24) is 9.97 Å². The molecule has 2 heterocycles. The summed E-state index contributed by atoms with van der Waals surface area (Å²) in [6, 6.07) is 1.79. The van der Waals surface area contributed by atoms with Crippen LogP contribution >= 0.6 is 0 Å². The summed E-state index contributed by atoms with van der Waals surface area (Å²) in [5.74, 6) is -2.41. The van der Waals surface area contributed by atoms with Crippen LogP contribution in [0.1, 0.15) is 19.3 Å². The smallest absolute Gasteiger partial charge is 0.481 e. The number of nitrogens with zero attached hydrogens (tertiary/aromatic N) is 3.